The van der Waals surface area contributed by atoms with Crippen LogP contribution in [0.2, 0.25) is 0 Å². The predicted octanol–water partition coefficient (Wildman–Crippen LogP) is 5.41. The van der Waals surface area contributed by atoms with Crippen LogP contribution in [0.25, 0.3) is 11.0 Å². The van der Waals surface area contributed by atoms with E-state index in [-0.39, 0.29) is 11.9 Å². The van der Waals surface area contributed by atoms with Crippen molar-refractivity contribution in [1.29, 1.82) is 0 Å². The van der Waals surface area contributed by atoms with E-state index < -0.39 is 0 Å². The van der Waals surface area contributed by atoms with Crippen LogP contribution in [0.3, 0.4) is 0 Å². The summed E-state index contributed by atoms with van der Waals surface area (Å²) in [5.41, 5.74) is 2.40. The smallest absolute Gasteiger partial charge is 0.296 e. The first-order valence-corrected chi connectivity index (χ1v) is 10.3. The molecule has 0 unspecified atom stereocenters. The molecule has 2 aromatic carbocycles. The quantitative estimate of drug-likeness (QED) is 0.594. The van der Waals surface area contributed by atoms with Crippen molar-refractivity contribution in [3.8, 4) is 5.75 Å². The maximum Gasteiger partial charge on any atom is 0.296 e. The van der Waals surface area contributed by atoms with Gasteiger partial charge in [0.15, 0.2) is 10.9 Å². The van der Waals surface area contributed by atoms with Gasteiger partial charge in [-0.1, -0.05) is 36.9 Å². The molecule has 1 aliphatic rings. The Morgan fingerprint density at radius 1 is 1.25 bits per heavy atom. The van der Waals surface area contributed by atoms with E-state index in [0.29, 0.717) is 10.9 Å². The molecule has 0 saturated carbocycles. The third kappa shape index (κ3) is 3.29. The zero-order chi connectivity index (χ0) is 19.7. The Balaban J connectivity index is 1.71. The highest BCUT2D eigenvalue weighted by Crippen LogP contribution is 2.33. The van der Waals surface area contributed by atoms with Crippen molar-refractivity contribution >= 4 is 39.5 Å². The summed E-state index contributed by atoms with van der Waals surface area (Å²) in [6.45, 7) is 4.02. The average Bonchev–Trinajstić information content (AvgIpc) is 3.29. The maximum absolute atomic E-state index is 13.4. The fourth-order valence-electron chi connectivity index (χ4n) is 3.37. The molecule has 0 N–H and O–H groups in total. The Kier molecular flexibility index (Phi) is 5.13. The zero-order valence-electron chi connectivity index (χ0n) is 16.1. The van der Waals surface area contributed by atoms with E-state index in [9.17, 15) is 4.79 Å². The number of para-hydroxylation sites is 1. The number of hydrogen-bond acceptors (Lipinski definition) is 5. The van der Waals surface area contributed by atoms with Crippen LogP contribution in [-0.4, -0.2) is 34.9 Å². The fourth-order valence-corrected chi connectivity index (χ4v) is 4.63. The number of methoxy groups -OCH3 is 1. The molecule has 1 saturated heterocycles. The number of ether oxygens (including phenoxy) is 1. The monoisotopic (exact) mass is 394 g/mol. The molecule has 1 fully saturated rings. The molecule has 6 heteroatoms. The van der Waals surface area contributed by atoms with Gasteiger partial charge in [-0.15, -0.1) is 0 Å². The number of benzene rings is 2. The first-order chi connectivity index (χ1) is 13.6. The number of nitrogens with zero attached hydrogens (tertiary/aromatic N) is 2. The van der Waals surface area contributed by atoms with Crippen LogP contribution in [0.15, 0.2) is 57.9 Å². The molecule has 0 aliphatic carbocycles. The summed E-state index contributed by atoms with van der Waals surface area (Å²) in [4.78, 5) is 19.9. The van der Waals surface area contributed by atoms with E-state index in [1.807, 2.05) is 55.5 Å². The fraction of sp³-hybridized carbons (Fsp3) is 0.273. The maximum atomic E-state index is 13.4. The summed E-state index contributed by atoms with van der Waals surface area (Å²) >= 11 is 1.61. The molecule has 1 aromatic heterocycles. The molecule has 3 aromatic rings. The largest absolute Gasteiger partial charge is 0.497 e. The molecule has 5 nitrogen and oxygen atoms in total. The van der Waals surface area contributed by atoms with Gasteiger partial charge in [0.05, 0.1) is 12.8 Å². The molecule has 144 valence electrons. The summed E-state index contributed by atoms with van der Waals surface area (Å²) < 4.78 is 11.1. The molecule has 0 bridgehead atoms. The molecule has 0 radical (unpaired) electrons. The first kappa shape index (κ1) is 18.6. The van der Waals surface area contributed by atoms with Crippen LogP contribution in [0.1, 0.15) is 29.5 Å². The third-order valence-electron chi connectivity index (χ3n) is 5.00. The molecule has 28 heavy (non-hydrogen) atoms. The minimum atomic E-state index is -0.127. The Morgan fingerprint density at radius 2 is 2.00 bits per heavy atom. The lowest BCUT2D eigenvalue weighted by atomic mass is 10.1. The summed E-state index contributed by atoms with van der Waals surface area (Å²) in [6, 6.07) is 15.4. The van der Waals surface area contributed by atoms with Crippen LogP contribution < -0.4 is 4.74 Å². The number of hydrogen-bond donors (Lipinski definition) is 0. The van der Waals surface area contributed by atoms with Gasteiger partial charge in [-0.05, 0) is 43.7 Å². The van der Waals surface area contributed by atoms with Crippen molar-refractivity contribution in [2.45, 2.75) is 26.3 Å². The standard InChI is InChI=1S/C22H22N2O3S/c1-4-16-13-28-22(23-15-9-11-17(26-3)12-10-15)24(16)21(25)20-14(2)18-7-5-6-8-19(18)27-20/h5-12,16H,4,13H2,1-3H3/t16-/m1/s1. The van der Waals surface area contributed by atoms with Crippen molar-refractivity contribution in [2.24, 2.45) is 4.99 Å². The van der Waals surface area contributed by atoms with E-state index in [4.69, 9.17) is 14.1 Å². The number of aryl methyl sites for hydroxylation is 1. The van der Waals surface area contributed by atoms with Crippen LogP contribution in [-0.2, 0) is 0 Å². The zero-order valence-corrected chi connectivity index (χ0v) is 17.0. The molecule has 1 atom stereocenters. The number of rotatable bonds is 4. The third-order valence-corrected chi connectivity index (χ3v) is 6.10. The number of amides is 1. The number of fused-ring (bicyclic) bond motifs is 1. The number of aliphatic imine (C=N–C) groups is 1. The second-order valence-corrected chi connectivity index (χ2v) is 7.68. The van der Waals surface area contributed by atoms with E-state index in [1.54, 1.807) is 23.8 Å². The predicted molar refractivity (Wildman–Crippen MR) is 114 cm³/mol. The van der Waals surface area contributed by atoms with Gasteiger partial charge < -0.3 is 9.15 Å². The van der Waals surface area contributed by atoms with Crippen LogP contribution in [0, 0.1) is 6.92 Å². The average molecular weight is 394 g/mol. The number of carbonyl (C=O) groups excluding carboxylic acids is 1. The Bertz CT molecular complexity index is 1040. The SMILES string of the molecule is CC[C@@H]1CSC(=Nc2ccc(OC)cc2)N1C(=O)c1oc2ccccc2c1C. The lowest BCUT2D eigenvalue weighted by Crippen LogP contribution is -2.39. The summed E-state index contributed by atoms with van der Waals surface area (Å²) in [5, 5.41) is 1.68. The number of furan rings is 1. The van der Waals surface area contributed by atoms with Crippen molar-refractivity contribution < 1.29 is 13.9 Å². The molecular formula is C22H22N2O3S. The van der Waals surface area contributed by atoms with Gasteiger partial charge in [0, 0.05) is 22.7 Å². The van der Waals surface area contributed by atoms with E-state index in [0.717, 1.165) is 40.1 Å². The minimum absolute atomic E-state index is 0.0992. The summed E-state index contributed by atoms with van der Waals surface area (Å²) in [5.74, 6) is 1.87. The highest BCUT2D eigenvalue weighted by Gasteiger charge is 2.37. The van der Waals surface area contributed by atoms with Gasteiger partial charge >= 0.3 is 0 Å². The van der Waals surface area contributed by atoms with Gasteiger partial charge in [0.25, 0.3) is 5.91 Å². The Labute approximate surface area is 168 Å². The number of carbonyl (C=O) groups is 1. The Morgan fingerprint density at radius 3 is 2.68 bits per heavy atom. The molecule has 1 amide bonds. The Hall–Kier alpha value is -2.73. The van der Waals surface area contributed by atoms with E-state index in [1.165, 1.54) is 0 Å². The van der Waals surface area contributed by atoms with E-state index in [2.05, 4.69) is 6.92 Å². The highest BCUT2D eigenvalue weighted by molar-refractivity contribution is 8.14. The molecule has 1 aliphatic heterocycles. The molecule has 2 heterocycles. The lowest BCUT2D eigenvalue weighted by Gasteiger charge is -2.22. The lowest BCUT2D eigenvalue weighted by molar-refractivity contribution is 0.0790. The molecule has 0 spiro atoms. The van der Waals surface area contributed by atoms with Gasteiger partial charge in [0.2, 0.25) is 0 Å². The van der Waals surface area contributed by atoms with Crippen molar-refractivity contribution in [2.75, 3.05) is 12.9 Å². The van der Waals surface area contributed by atoms with Crippen molar-refractivity contribution in [3.63, 3.8) is 0 Å². The number of thioether (sulfide) groups is 1. The van der Waals surface area contributed by atoms with Crippen LogP contribution in [0.4, 0.5) is 5.69 Å². The minimum Gasteiger partial charge on any atom is -0.497 e. The van der Waals surface area contributed by atoms with Crippen LogP contribution >= 0.6 is 11.8 Å². The topological polar surface area (TPSA) is 55.0 Å². The number of amidine groups is 1. The normalized spacial score (nSPS) is 18.2. The second kappa shape index (κ2) is 7.72. The van der Waals surface area contributed by atoms with Gasteiger partial charge in [-0.25, -0.2) is 4.99 Å². The van der Waals surface area contributed by atoms with Gasteiger partial charge in [0.1, 0.15) is 11.3 Å². The van der Waals surface area contributed by atoms with Crippen molar-refractivity contribution in [1.82, 2.24) is 4.90 Å². The van der Waals surface area contributed by atoms with Crippen molar-refractivity contribution in [3.05, 3.63) is 59.9 Å². The highest BCUT2D eigenvalue weighted by atomic mass is 32.2. The summed E-state index contributed by atoms with van der Waals surface area (Å²) in [7, 11) is 1.63. The van der Waals surface area contributed by atoms with E-state index >= 15 is 0 Å². The molecular weight excluding hydrogens is 372 g/mol. The van der Waals surface area contributed by atoms with Gasteiger partial charge in [-0.2, -0.15) is 0 Å². The second-order valence-electron chi connectivity index (χ2n) is 6.69. The first-order valence-electron chi connectivity index (χ1n) is 9.29. The molecule has 4 rings (SSSR count). The van der Waals surface area contributed by atoms with Crippen LogP contribution in [0.5, 0.6) is 5.75 Å². The van der Waals surface area contributed by atoms with Gasteiger partial charge in [-0.3, -0.25) is 9.69 Å². The summed E-state index contributed by atoms with van der Waals surface area (Å²) in [6.07, 6.45) is 0.861.